The Balaban J connectivity index is 2.03. The van der Waals surface area contributed by atoms with Gasteiger partial charge in [0.05, 0.1) is 17.8 Å². The normalized spacial score (nSPS) is 22.7. The summed E-state index contributed by atoms with van der Waals surface area (Å²) in [6.45, 7) is 1.78. The van der Waals surface area contributed by atoms with Gasteiger partial charge in [0.1, 0.15) is 5.69 Å². The third kappa shape index (κ3) is 2.64. The monoisotopic (exact) mass is 249 g/mol. The molecule has 2 atom stereocenters. The van der Waals surface area contributed by atoms with E-state index in [2.05, 4.69) is 15.3 Å². The zero-order valence-electron chi connectivity index (χ0n) is 10.1. The Hall–Kier alpha value is -1.98. The molecular formula is C12H15N3O3. The van der Waals surface area contributed by atoms with Crippen LogP contribution in [0.5, 0.6) is 0 Å². The molecule has 0 radical (unpaired) electrons. The van der Waals surface area contributed by atoms with Gasteiger partial charge in [-0.05, 0) is 19.8 Å². The van der Waals surface area contributed by atoms with Crippen molar-refractivity contribution >= 4 is 11.9 Å². The number of aromatic nitrogens is 2. The van der Waals surface area contributed by atoms with Gasteiger partial charge in [-0.1, -0.05) is 6.42 Å². The summed E-state index contributed by atoms with van der Waals surface area (Å²) in [5, 5.41) is 11.7. The van der Waals surface area contributed by atoms with Crippen LogP contribution in [0.2, 0.25) is 0 Å². The quantitative estimate of drug-likeness (QED) is 0.825. The molecule has 1 aliphatic rings. The molecule has 96 valence electrons. The largest absolute Gasteiger partial charge is 0.481 e. The lowest BCUT2D eigenvalue weighted by Gasteiger charge is -2.17. The lowest BCUT2D eigenvalue weighted by atomic mass is 10.0. The minimum absolute atomic E-state index is 0.219. The maximum Gasteiger partial charge on any atom is 0.308 e. The van der Waals surface area contributed by atoms with E-state index in [0.717, 1.165) is 12.1 Å². The third-order valence-electron chi connectivity index (χ3n) is 3.16. The lowest BCUT2D eigenvalue weighted by Crippen LogP contribution is -2.40. The van der Waals surface area contributed by atoms with Crippen LogP contribution in [0.3, 0.4) is 0 Å². The van der Waals surface area contributed by atoms with Crippen LogP contribution < -0.4 is 5.32 Å². The number of rotatable bonds is 3. The number of aliphatic carboxylic acids is 1. The van der Waals surface area contributed by atoms with Gasteiger partial charge >= 0.3 is 5.97 Å². The van der Waals surface area contributed by atoms with E-state index in [4.69, 9.17) is 5.11 Å². The number of carboxylic acids is 1. The molecule has 0 bridgehead atoms. The van der Waals surface area contributed by atoms with E-state index in [-0.39, 0.29) is 17.6 Å². The molecule has 1 fully saturated rings. The fraction of sp³-hybridized carbons (Fsp3) is 0.500. The summed E-state index contributed by atoms with van der Waals surface area (Å²) in [6, 6.07) is -0.307. The fourth-order valence-electron chi connectivity index (χ4n) is 2.18. The van der Waals surface area contributed by atoms with Crippen LogP contribution in [0.15, 0.2) is 12.4 Å². The topological polar surface area (TPSA) is 92.2 Å². The number of amides is 1. The molecule has 0 saturated heterocycles. The standard InChI is InChI=1S/C12H15N3O3/c1-7-5-14-10(6-13-7)11(16)15-9-4-2-3-8(9)12(17)18/h5-6,8-9H,2-4H2,1H3,(H,15,16)(H,17,18)/t8-,9+/m0/s1. The Morgan fingerprint density at radius 1 is 1.33 bits per heavy atom. The van der Waals surface area contributed by atoms with Gasteiger partial charge in [0.25, 0.3) is 5.91 Å². The molecule has 6 heteroatoms. The highest BCUT2D eigenvalue weighted by Gasteiger charge is 2.34. The molecule has 0 aliphatic heterocycles. The van der Waals surface area contributed by atoms with Crippen LogP contribution in [-0.4, -0.2) is 33.0 Å². The highest BCUT2D eigenvalue weighted by atomic mass is 16.4. The average molecular weight is 249 g/mol. The molecule has 1 saturated carbocycles. The van der Waals surface area contributed by atoms with Gasteiger partial charge in [0, 0.05) is 12.2 Å². The average Bonchev–Trinajstić information content (AvgIpc) is 2.78. The molecule has 6 nitrogen and oxygen atoms in total. The number of carbonyl (C=O) groups excluding carboxylic acids is 1. The Morgan fingerprint density at radius 3 is 2.72 bits per heavy atom. The number of carboxylic acid groups (broad SMARTS) is 1. The number of carbonyl (C=O) groups is 2. The van der Waals surface area contributed by atoms with Gasteiger partial charge < -0.3 is 10.4 Å². The van der Waals surface area contributed by atoms with Crippen LogP contribution in [-0.2, 0) is 4.79 Å². The van der Waals surface area contributed by atoms with E-state index >= 15 is 0 Å². The van der Waals surface area contributed by atoms with Crippen molar-refractivity contribution in [3.63, 3.8) is 0 Å². The van der Waals surface area contributed by atoms with Crippen LogP contribution in [0.4, 0.5) is 0 Å². The van der Waals surface area contributed by atoms with Crippen LogP contribution in [0.25, 0.3) is 0 Å². The molecule has 0 spiro atoms. The molecule has 1 aromatic rings. The maximum absolute atomic E-state index is 11.9. The van der Waals surface area contributed by atoms with Crippen LogP contribution in [0.1, 0.15) is 35.4 Å². The molecule has 2 N–H and O–H groups in total. The van der Waals surface area contributed by atoms with Gasteiger partial charge in [0.15, 0.2) is 0 Å². The molecular weight excluding hydrogens is 234 g/mol. The van der Waals surface area contributed by atoms with Crippen molar-refractivity contribution in [1.82, 2.24) is 15.3 Å². The molecule has 0 aromatic carbocycles. The highest BCUT2D eigenvalue weighted by molar-refractivity contribution is 5.92. The summed E-state index contributed by atoms with van der Waals surface area (Å²) < 4.78 is 0. The second kappa shape index (κ2) is 5.12. The van der Waals surface area contributed by atoms with Crippen molar-refractivity contribution < 1.29 is 14.7 Å². The predicted molar refractivity (Wildman–Crippen MR) is 63.0 cm³/mol. The van der Waals surface area contributed by atoms with E-state index in [1.807, 2.05) is 0 Å². The van der Waals surface area contributed by atoms with Crippen molar-refractivity contribution in [2.45, 2.75) is 32.2 Å². The van der Waals surface area contributed by atoms with Crippen molar-refractivity contribution in [2.24, 2.45) is 5.92 Å². The number of hydrogen-bond donors (Lipinski definition) is 2. The fourth-order valence-corrected chi connectivity index (χ4v) is 2.18. The van der Waals surface area contributed by atoms with Gasteiger partial charge in [-0.15, -0.1) is 0 Å². The van der Waals surface area contributed by atoms with Gasteiger partial charge in [0.2, 0.25) is 0 Å². The molecule has 2 rings (SSSR count). The van der Waals surface area contributed by atoms with Crippen molar-refractivity contribution in [3.8, 4) is 0 Å². The molecule has 18 heavy (non-hydrogen) atoms. The smallest absolute Gasteiger partial charge is 0.308 e. The molecule has 1 aliphatic carbocycles. The first kappa shape index (κ1) is 12.5. The number of aryl methyl sites for hydroxylation is 1. The Kier molecular flexibility index (Phi) is 3.55. The lowest BCUT2D eigenvalue weighted by molar-refractivity contribution is -0.142. The summed E-state index contributed by atoms with van der Waals surface area (Å²) in [6.07, 6.45) is 5.04. The second-order valence-corrected chi connectivity index (χ2v) is 4.50. The van der Waals surface area contributed by atoms with E-state index in [1.165, 1.54) is 12.4 Å². The summed E-state index contributed by atoms with van der Waals surface area (Å²) in [7, 11) is 0. The molecule has 1 heterocycles. The van der Waals surface area contributed by atoms with Crippen LogP contribution in [0, 0.1) is 12.8 Å². The SMILES string of the molecule is Cc1cnc(C(=O)N[C@@H]2CCC[C@@H]2C(=O)O)cn1. The minimum atomic E-state index is -0.854. The van der Waals surface area contributed by atoms with Gasteiger partial charge in [-0.2, -0.15) is 0 Å². The molecule has 1 aromatic heterocycles. The van der Waals surface area contributed by atoms with E-state index < -0.39 is 11.9 Å². The van der Waals surface area contributed by atoms with E-state index in [1.54, 1.807) is 6.92 Å². The number of nitrogens with zero attached hydrogens (tertiary/aromatic N) is 2. The van der Waals surface area contributed by atoms with Gasteiger partial charge in [-0.3, -0.25) is 14.6 Å². The first-order valence-corrected chi connectivity index (χ1v) is 5.90. The first-order valence-electron chi connectivity index (χ1n) is 5.90. The summed E-state index contributed by atoms with van der Waals surface area (Å²) >= 11 is 0. The Morgan fingerprint density at radius 2 is 2.11 bits per heavy atom. The third-order valence-corrected chi connectivity index (χ3v) is 3.16. The maximum atomic E-state index is 11.9. The summed E-state index contributed by atoms with van der Waals surface area (Å²) in [5.74, 6) is -1.71. The van der Waals surface area contributed by atoms with Crippen LogP contribution >= 0.6 is 0 Å². The summed E-state index contributed by atoms with van der Waals surface area (Å²) in [5.41, 5.74) is 0.951. The van der Waals surface area contributed by atoms with Crippen molar-refractivity contribution in [2.75, 3.05) is 0 Å². The molecule has 1 amide bonds. The Labute approximate surface area is 104 Å². The second-order valence-electron chi connectivity index (χ2n) is 4.50. The molecule has 0 unspecified atom stereocenters. The van der Waals surface area contributed by atoms with Gasteiger partial charge in [-0.25, -0.2) is 4.98 Å². The Bertz CT molecular complexity index is 458. The zero-order chi connectivity index (χ0) is 13.1. The first-order chi connectivity index (χ1) is 8.58. The highest BCUT2D eigenvalue weighted by Crippen LogP contribution is 2.25. The van der Waals surface area contributed by atoms with Crippen molar-refractivity contribution in [3.05, 3.63) is 23.8 Å². The van der Waals surface area contributed by atoms with E-state index in [9.17, 15) is 9.59 Å². The van der Waals surface area contributed by atoms with E-state index in [0.29, 0.717) is 12.8 Å². The van der Waals surface area contributed by atoms with Crippen molar-refractivity contribution in [1.29, 1.82) is 0 Å². The minimum Gasteiger partial charge on any atom is -0.481 e. The zero-order valence-corrected chi connectivity index (χ0v) is 10.1. The predicted octanol–water partition coefficient (Wildman–Crippen LogP) is 0.768. The number of nitrogens with one attached hydrogen (secondary N) is 1. The summed E-state index contributed by atoms with van der Waals surface area (Å²) in [4.78, 5) is 30.8. The number of hydrogen-bond acceptors (Lipinski definition) is 4.